The fourth-order valence-electron chi connectivity index (χ4n) is 2.71. The number of ketones is 1. The highest BCUT2D eigenvalue weighted by Crippen LogP contribution is 2.47. The zero-order valence-electron chi connectivity index (χ0n) is 6.81. The third-order valence-electron chi connectivity index (χ3n) is 3.43. The summed E-state index contributed by atoms with van der Waals surface area (Å²) in [5.41, 5.74) is 5.89. The van der Waals surface area contributed by atoms with Gasteiger partial charge in [-0.05, 0) is 25.7 Å². The van der Waals surface area contributed by atoms with E-state index in [1.165, 1.54) is 0 Å². The van der Waals surface area contributed by atoms with E-state index in [1.54, 1.807) is 0 Å². The third kappa shape index (κ3) is 0.853. The van der Waals surface area contributed by atoms with E-state index in [9.17, 15) is 4.79 Å². The Morgan fingerprint density at radius 3 is 2.55 bits per heavy atom. The topological polar surface area (TPSA) is 43.1 Å². The predicted octanol–water partition coefficient (Wildman–Crippen LogP) is 1.24. The summed E-state index contributed by atoms with van der Waals surface area (Å²) in [7, 11) is 0. The minimum absolute atomic E-state index is 0.0556. The lowest BCUT2D eigenvalue weighted by molar-refractivity contribution is -0.126. The van der Waals surface area contributed by atoms with E-state index in [0.29, 0.717) is 5.78 Å². The lowest BCUT2D eigenvalue weighted by Gasteiger charge is -2.25. The average molecular weight is 153 g/mol. The molecular formula is C9H15NO. The maximum atomic E-state index is 11.5. The summed E-state index contributed by atoms with van der Waals surface area (Å²) >= 11 is 0. The second kappa shape index (κ2) is 2.31. The van der Waals surface area contributed by atoms with Gasteiger partial charge < -0.3 is 5.73 Å². The second-order valence-electron chi connectivity index (χ2n) is 3.93. The van der Waals surface area contributed by atoms with Gasteiger partial charge in [0.1, 0.15) is 5.78 Å². The van der Waals surface area contributed by atoms with E-state index in [1.807, 2.05) is 0 Å². The molecule has 0 heterocycles. The first-order valence-corrected chi connectivity index (χ1v) is 4.55. The normalized spacial score (nSPS) is 44.1. The molecule has 0 aromatic rings. The quantitative estimate of drug-likeness (QED) is 0.569. The molecule has 2 nitrogen and oxygen atoms in total. The monoisotopic (exact) mass is 153 g/mol. The van der Waals surface area contributed by atoms with E-state index in [4.69, 9.17) is 5.73 Å². The van der Waals surface area contributed by atoms with Gasteiger partial charge in [-0.3, -0.25) is 4.79 Å². The number of hydrogen-bond donors (Lipinski definition) is 1. The summed E-state index contributed by atoms with van der Waals surface area (Å²) in [6.07, 6.45) is 6.21. The molecule has 2 rings (SSSR count). The molecule has 2 fully saturated rings. The maximum absolute atomic E-state index is 11.5. The van der Waals surface area contributed by atoms with E-state index < -0.39 is 0 Å². The molecule has 0 aromatic heterocycles. The Balaban J connectivity index is 2.25. The maximum Gasteiger partial charge on any atom is 0.140 e. The standard InChI is InChI=1S/C9H15NO/c10-7-3-1-5-9(7)6-2-4-8(9)11/h7H,1-6,10H2/t7-,9-/m0/s1. The van der Waals surface area contributed by atoms with Crippen molar-refractivity contribution in [1.82, 2.24) is 0 Å². The highest BCUT2D eigenvalue weighted by Gasteiger charge is 2.48. The van der Waals surface area contributed by atoms with Crippen LogP contribution in [-0.2, 0) is 4.79 Å². The van der Waals surface area contributed by atoms with Crippen LogP contribution in [0.4, 0.5) is 0 Å². The predicted molar refractivity (Wildman–Crippen MR) is 43.1 cm³/mol. The van der Waals surface area contributed by atoms with Crippen LogP contribution in [0, 0.1) is 5.41 Å². The molecule has 1 spiro atoms. The van der Waals surface area contributed by atoms with E-state index >= 15 is 0 Å². The van der Waals surface area contributed by atoms with Crippen LogP contribution in [0.3, 0.4) is 0 Å². The summed E-state index contributed by atoms with van der Waals surface area (Å²) in [6, 6.07) is 0.178. The molecule has 0 saturated heterocycles. The van der Waals surface area contributed by atoms with E-state index in [0.717, 1.165) is 38.5 Å². The molecule has 2 atom stereocenters. The number of Topliss-reactive ketones (excluding diaryl/α,β-unsaturated/α-hetero) is 1. The van der Waals surface area contributed by atoms with Gasteiger partial charge in [0.25, 0.3) is 0 Å². The van der Waals surface area contributed by atoms with Crippen LogP contribution in [0.15, 0.2) is 0 Å². The van der Waals surface area contributed by atoms with Crippen molar-refractivity contribution >= 4 is 5.78 Å². The van der Waals surface area contributed by atoms with Gasteiger partial charge in [-0.2, -0.15) is 0 Å². The van der Waals surface area contributed by atoms with Crippen molar-refractivity contribution in [3.63, 3.8) is 0 Å². The number of carbonyl (C=O) groups is 1. The van der Waals surface area contributed by atoms with Crippen molar-refractivity contribution in [2.75, 3.05) is 0 Å². The summed E-state index contributed by atoms with van der Waals surface area (Å²) in [4.78, 5) is 11.5. The highest BCUT2D eigenvalue weighted by atomic mass is 16.1. The minimum atomic E-state index is -0.0556. The molecule has 0 aliphatic heterocycles. The van der Waals surface area contributed by atoms with E-state index in [2.05, 4.69) is 0 Å². The fourth-order valence-corrected chi connectivity index (χ4v) is 2.71. The van der Waals surface area contributed by atoms with Crippen LogP contribution in [0.1, 0.15) is 38.5 Å². The first-order valence-electron chi connectivity index (χ1n) is 4.55. The molecule has 2 N–H and O–H groups in total. The molecule has 2 aliphatic rings. The van der Waals surface area contributed by atoms with Gasteiger partial charge in [-0.25, -0.2) is 0 Å². The molecule has 2 aliphatic carbocycles. The molecule has 0 radical (unpaired) electrons. The number of nitrogens with two attached hydrogens (primary N) is 1. The fraction of sp³-hybridized carbons (Fsp3) is 0.889. The van der Waals surface area contributed by atoms with Crippen molar-refractivity contribution in [2.45, 2.75) is 44.6 Å². The Morgan fingerprint density at radius 2 is 2.09 bits per heavy atom. The zero-order chi connectivity index (χ0) is 7.90. The van der Waals surface area contributed by atoms with Gasteiger partial charge in [-0.1, -0.05) is 6.42 Å². The second-order valence-corrected chi connectivity index (χ2v) is 3.93. The highest BCUT2D eigenvalue weighted by molar-refractivity contribution is 5.87. The Labute approximate surface area is 67.1 Å². The average Bonchev–Trinajstić information content (AvgIpc) is 2.48. The summed E-state index contributed by atoms with van der Waals surface area (Å²) in [5.74, 6) is 0.447. The molecule has 0 unspecified atom stereocenters. The third-order valence-corrected chi connectivity index (χ3v) is 3.43. The summed E-state index contributed by atoms with van der Waals surface area (Å²) < 4.78 is 0. The Morgan fingerprint density at radius 1 is 1.36 bits per heavy atom. The molecule has 0 bridgehead atoms. The molecule has 62 valence electrons. The van der Waals surface area contributed by atoms with Crippen molar-refractivity contribution in [2.24, 2.45) is 11.1 Å². The van der Waals surface area contributed by atoms with Crippen LogP contribution >= 0.6 is 0 Å². The van der Waals surface area contributed by atoms with Crippen LogP contribution in [0.2, 0.25) is 0 Å². The van der Waals surface area contributed by atoms with Crippen LogP contribution in [-0.4, -0.2) is 11.8 Å². The Kier molecular flexibility index (Phi) is 1.53. The van der Waals surface area contributed by atoms with Crippen LogP contribution < -0.4 is 5.73 Å². The number of hydrogen-bond acceptors (Lipinski definition) is 2. The zero-order valence-corrected chi connectivity index (χ0v) is 6.81. The van der Waals surface area contributed by atoms with Gasteiger partial charge in [0.15, 0.2) is 0 Å². The van der Waals surface area contributed by atoms with Crippen molar-refractivity contribution < 1.29 is 4.79 Å². The van der Waals surface area contributed by atoms with Crippen molar-refractivity contribution in [3.8, 4) is 0 Å². The molecule has 0 amide bonds. The van der Waals surface area contributed by atoms with Gasteiger partial charge in [0, 0.05) is 17.9 Å². The molecule has 0 aromatic carbocycles. The van der Waals surface area contributed by atoms with E-state index in [-0.39, 0.29) is 11.5 Å². The number of carbonyl (C=O) groups excluding carboxylic acids is 1. The Bertz CT molecular complexity index is 186. The SMILES string of the molecule is N[C@H]1CCC[C@]12CCCC2=O. The Hall–Kier alpha value is -0.370. The van der Waals surface area contributed by atoms with Crippen LogP contribution in [0.25, 0.3) is 0 Å². The summed E-state index contributed by atoms with van der Waals surface area (Å²) in [5, 5.41) is 0. The van der Waals surface area contributed by atoms with Gasteiger partial charge in [-0.15, -0.1) is 0 Å². The van der Waals surface area contributed by atoms with Crippen LogP contribution in [0.5, 0.6) is 0 Å². The molecule has 2 saturated carbocycles. The summed E-state index contributed by atoms with van der Waals surface area (Å²) in [6.45, 7) is 0. The first-order chi connectivity index (χ1) is 5.26. The van der Waals surface area contributed by atoms with Gasteiger partial charge in [0.2, 0.25) is 0 Å². The smallest absolute Gasteiger partial charge is 0.140 e. The van der Waals surface area contributed by atoms with Crippen molar-refractivity contribution in [3.05, 3.63) is 0 Å². The van der Waals surface area contributed by atoms with Gasteiger partial charge >= 0.3 is 0 Å². The largest absolute Gasteiger partial charge is 0.327 e. The molecule has 11 heavy (non-hydrogen) atoms. The molecule has 2 heteroatoms. The lowest BCUT2D eigenvalue weighted by atomic mass is 9.80. The van der Waals surface area contributed by atoms with Gasteiger partial charge in [0.05, 0.1) is 0 Å². The minimum Gasteiger partial charge on any atom is -0.327 e. The first kappa shape index (κ1) is 7.29. The lowest BCUT2D eigenvalue weighted by Crippen LogP contribution is -2.40. The molecular weight excluding hydrogens is 138 g/mol. The number of rotatable bonds is 0. The van der Waals surface area contributed by atoms with Crippen molar-refractivity contribution in [1.29, 1.82) is 0 Å².